The zero-order chi connectivity index (χ0) is 37.5. The number of aromatic nitrogens is 2. The molecule has 0 radical (unpaired) electrons. The summed E-state index contributed by atoms with van der Waals surface area (Å²) in [6.07, 6.45) is 0. The van der Waals surface area contributed by atoms with E-state index in [1.54, 1.807) is 0 Å². The SMILES string of the molecule is c1ccc(-c2nc(-c3ccc(-c4cccc5c4oc4ccccc45)cc3)cc(-c3cccc4c3Oc3ccccc3C43c4ccccc4-c4ccccc43)n2)cc1. The Bertz CT molecular complexity index is 3170. The van der Waals surface area contributed by atoms with Crippen LogP contribution in [0.4, 0.5) is 0 Å². The van der Waals surface area contributed by atoms with E-state index in [9.17, 15) is 0 Å². The number of hydrogen-bond donors (Lipinski definition) is 0. The van der Waals surface area contributed by atoms with Crippen LogP contribution in [0.5, 0.6) is 11.5 Å². The van der Waals surface area contributed by atoms with Crippen LogP contribution in [-0.2, 0) is 5.41 Å². The summed E-state index contributed by atoms with van der Waals surface area (Å²) in [4.78, 5) is 10.5. The Balaban J connectivity index is 1.05. The van der Waals surface area contributed by atoms with Gasteiger partial charge in [0.25, 0.3) is 0 Å². The van der Waals surface area contributed by atoms with E-state index in [-0.39, 0.29) is 0 Å². The molecule has 266 valence electrons. The maximum atomic E-state index is 7.02. The molecule has 4 heteroatoms. The smallest absolute Gasteiger partial charge is 0.160 e. The van der Waals surface area contributed by atoms with Crippen LogP contribution in [0.25, 0.3) is 78.1 Å². The summed E-state index contributed by atoms with van der Waals surface area (Å²) in [7, 11) is 0. The first-order valence-electron chi connectivity index (χ1n) is 19.3. The van der Waals surface area contributed by atoms with E-state index < -0.39 is 5.41 Å². The van der Waals surface area contributed by atoms with Crippen molar-refractivity contribution in [3.05, 3.63) is 216 Å². The van der Waals surface area contributed by atoms with Crippen LogP contribution < -0.4 is 4.74 Å². The molecule has 0 atom stereocenters. The summed E-state index contributed by atoms with van der Waals surface area (Å²) in [6.45, 7) is 0. The quantitative estimate of drug-likeness (QED) is 0.181. The molecule has 1 aliphatic heterocycles. The zero-order valence-corrected chi connectivity index (χ0v) is 30.7. The molecule has 0 saturated heterocycles. The van der Waals surface area contributed by atoms with Crippen LogP contribution >= 0.6 is 0 Å². The van der Waals surface area contributed by atoms with Crippen molar-refractivity contribution in [3.63, 3.8) is 0 Å². The summed E-state index contributed by atoms with van der Waals surface area (Å²) in [6, 6.07) is 68.1. The van der Waals surface area contributed by atoms with Gasteiger partial charge in [-0.2, -0.15) is 0 Å². The average molecular weight is 729 g/mol. The van der Waals surface area contributed by atoms with Gasteiger partial charge in [-0.15, -0.1) is 0 Å². The van der Waals surface area contributed by atoms with Crippen LogP contribution in [0.15, 0.2) is 199 Å². The molecular formula is C53H32N2O2. The third-order valence-electron chi connectivity index (χ3n) is 11.8. The Kier molecular flexibility index (Phi) is 6.81. The monoisotopic (exact) mass is 728 g/mol. The van der Waals surface area contributed by atoms with E-state index in [0.717, 1.165) is 83.8 Å². The number of fused-ring (bicyclic) bond motifs is 12. The molecule has 0 amide bonds. The van der Waals surface area contributed by atoms with Gasteiger partial charge in [-0.05, 0) is 52.1 Å². The van der Waals surface area contributed by atoms with Crippen molar-refractivity contribution < 1.29 is 9.15 Å². The second-order valence-electron chi connectivity index (χ2n) is 14.8. The van der Waals surface area contributed by atoms with E-state index in [2.05, 4.69) is 164 Å². The Hall–Kier alpha value is -7.56. The maximum absolute atomic E-state index is 7.02. The van der Waals surface area contributed by atoms with Crippen LogP contribution in [0.3, 0.4) is 0 Å². The molecule has 0 unspecified atom stereocenters. The Morgan fingerprint density at radius 2 is 0.965 bits per heavy atom. The van der Waals surface area contributed by atoms with Crippen molar-refractivity contribution >= 4 is 21.9 Å². The summed E-state index contributed by atoms with van der Waals surface area (Å²) in [5, 5.41) is 2.23. The fraction of sp³-hybridized carbons (Fsp3) is 0.0189. The first kappa shape index (κ1) is 31.8. The summed E-state index contributed by atoms with van der Waals surface area (Å²) < 4.78 is 13.4. The van der Waals surface area contributed by atoms with Gasteiger partial charge < -0.3 is 9.15 Å². The van der Waals surface area contributed by atoms with Crippen molar-refractivity contribution in [1.82, 2.24) is 9.97 Å². The van der Waals surface area contributed by atoms with Crippen molar-refractivity contribution in [2.45, 2.75) is 5.41 Å². The highest BCUT2D eigenvalue weighted by Gasteiger charge is 2.51. The molecule has 1 aliphatic carbocycles. The lowest BCUT2D eigenvalue weighted by atomic mass is 9.65. The lowest BCUT2D eigenvalue weighted by Crippen LogP contribution is -2.32. The molecule has 0 saturated carbocycles. The van der Waals surface area contributed by atoms with Gasteiger partial charge in [0.05, 0.1) is 16.8 Å². The highest BCUT2D eigenvalue weighted by Crippen LogP contribution is 2.63. The Morgan fingerprint density at radius 3 is 1.77 bits per heavy atom. The molecule has 1 spiro atoms. The number of furan rings is 1. The van der Waals surface area contributed by atoms with Crippen LogP contribution in [0.2, 0.25) is 0 Å². The van der Waals surface area contributed by atoms with E-state index in [0.29, 0.717) is 5.82 Å². The lowest BCUT2D eigenvalue weighted by molar-refractivity contribution is 0.438. The average Bonchev–Trinajstić information content (AvgIpc) is 3.81. The van der Waals surface area contributed by atoms with E-state index in [4.69, 9.17) is 19.1 Å². The minimum Gasteiger partial charge on any atom is -0.456 e. The Labute approximate surface area is 329 Å². The number of para-hydroxylation sites is 4. The van der Waals surface area contributed by atoms with Crippen LogP contribution in [-0.4, -0.2) is 9.97 Å². The third-order valence-corrected chi connectivity index (χ3v) is 11.8. The first-order valence-corrected chi connectivity index (χ1v) is 19.3. The topological polar surface area (TPSA) is 48.2 Å². The number of hydrogen-bond acceptors (Lipinski definition) is 4. The predicted molar refractivity (Wildman–Crippen MR) is 228 cm³/mol. The van der Waals surface area contributed by atoms with Crippen LogP contribution in [0.1, 0.15) is 22.3 Å². The molecule has 12 rings (SSSR count). The van der Waals surface area contributed by atoms with Gasteiger partial charge in [0.15, 0.2) is 5.82 Å². The van der Waals surface area contributed by atoms with Crippen molar-refractivity contribution in [1.29, 1.82) is 0 Å². The van der Waals surface area contributed by atoms with E-state index in [1.165, 1.54) is 22.3 Å². The summed E-state index contributed by atoms with van der Waals surface area (Å²) >= 11 is 0. The fourth-order valence-corrected chi connectivity index (χ4v) is 9.32. The molecule has 0 bridgehead atoms. The summed E-state index contributed by atoms with van der Waals surface area (Å²) in [5.41, 5.74) is 15.1. The van der Waals surface area contributed by atoms with E-state index >= 15 is 0 Å². The third kappa shape index (κ3) is 4.62. The molecular weight excluding hydrogens is 697 g/mol. The normalized spacial score (nSPS) is 13.2. The van der Waals surface area contributed by atoms with Gasteiger partial charge in [0, 0.05) is 44.2 Å². The number of nitrogens with zero attached hydrogens (tertiary/aromatic N) is 2. The van der Waals surface area contributed by atoms with Gasteiger partial charge in [0.1, 0.15) is 22.7 Å². The van der Waals surface area contributed by atoms with Crippen molar-refractivity contribution in [2.75, 3.05) is 0 Å². The molecule has 4 nitrogen and oxygen atoms in total. The highest BCUT2D eigenvalue weighted by atomic mass is 16.5. The predicted octanol–water partition coefficient (Wildman–Crippen LogP) is 13.5. The van der Waals surface area contributed by atoms with Crippen molar-refractivity contribution in [2.24, 2.45) is 0 Å². The molecule has 0 N–H and O–H groups in total. The van der Waals surface area contributed by atoms with Gasteiger partial charge in [-0.3, -0.25) is 0 Å². The number of benzene rings is 8. The zero-order valence-electron chi connectivity index (χ0n) is 30.7. The van der Waals surface area contributed by atoms with E-state index in [1.807, 2.05) is 30.3 Å². The molecule has 0 fully saturated rings. The molecule has 3 heterocycles. The van der Waals surface area contributed by atoms with Crippen molar-refractivity contribution in [3.8, 4) is 67.7 Å². The number of rotatable bonds is 4. The lowest BCUT2D eigenvalue weighted by Gasteiger charge is -2.40. The molecule has 10 aromatic rings. The van der Waals surface area contributed by atoms with Gasteiger partial charge in [-0.1, -0.05) is 170 Å². The first-order chi connectivity index (χ1) is 28.3. The fourth-order valence-electron chi connectivity index (χ4n) is 9.32. The number of ether oxygens (including phenoxy) is 1. The van der Waals surface area contributed by atoms with Gasteiger partial charge in [-0.25, -0.2) is 9.97 Å². The van der Waals surface area contributed by atoms with Gasteiger partial charge in [0.2, 0.25) is 0 Å². The van der Waals surface area contributed by atoms with Crippen LogP contribution in [0, 0.1) is 0 Å². The second-order valence-corrected chi connectivity index (χ2v) is 14.8. The largest absolute Gasteiger partial charge is 0.456 e. The molecule has 2 aliphatic rings. The van der Waals surface area contributed by atoms with Gasteiger partial charge >= 0.3 is 0 Å². The minimum atomic E-state index is -0.565. The summed E-state index contributed by atoms with van der Waals surface area (Å²) in [5.74, 6) is 2.30. The molecule has 57 heavy (non-hydrogen) atoms. The highest BCUT2D eigenvalue weighted by molar-refractivity contribution is 6.09. The second kappa shape index (κ2) is 12.2. The molecule has 8 aromatic carbocycles. The minimum absolute atomic E-state index is 0.565. The Morgan fingerprint density at radius 1 is 0.386 bits per heavy atom. The maximum Gasteiger partial charge on any atom is 0.160 e. The standard InChI is InChI=1S/C53H32N2O2/c1-2-14-35(15-3-1)52-54-46(34-30-28-33(29-31-34)36-19-12-20-40-39-18-6-10-26-48(39)56-50(36)40)32-47(55-52)41-21-13-25-45-51(41)57-49-27-11-9-24-44(49)53(45)42-22-7-4-16-37(42)38-17-5-8-23-43(38)53/h1-32H. The molecule has 2 aromatic heterocycles.